The number of hydrogen-bond donors (Lipinski definition) is 1. The summed E-state index contributed by atoms with van der Waals surface area (Å²) in [6.45, 7) is 1.51. The molecule has 0 aliphatic carbocycles. The number of ether oxygens (including phenoxy) is 1. The van der Waals surface area contributed by atoms with Crippen LogP contribution >= 0.6 is 0 Å². The second kappa shape index (κ2) is 5.64. The van der Waals surface area contributed by atoms with E-state index in [1.807, 2.05) is 4.81 Å². The molecule has 1 saturated heterocycles. The van der Waals surface area contributed by atoms with Gasteiger partial charge in [-0.3, -0.25) is 0 Å². The standard InChI is InChI=1S/C11H13BN3O3/c1-18-11(17)8-2-3-13-10(4-8)14-9-5-15(6-9)12-7-16/h2-4,7,9H,5-6H2,1H3,(H,13,14). The molecule has 0 saturated carbocycles. The largest absolute Gasteiger partial charge is 0.465 e. The monoisotopic (exact) mass is 246 g/mol. The number of hydrogen-bond acceptors (Lipinski definition) is 6. The average molecular weight is 246 g/mol. The highest BCUT2D eigenvalue weighted by Gasteiger charge is 2.26. The lowest BCUT2D eigenvalue weighted by Crippen LogP contribution is -2.56. The van der Waals surface area contributed by atoms with E-state index in [0.29, 0.717) is 11.4 Å². The maximum absolute atomic E-state index is 11.3. The minimum atomic E-state index is -0.384. The summed E-state index contributed by atoms with van der Waals surface area (Å²) < 4.78 is 4.64. The molecule has 0 atom stereocenters. The zero-order valence-corrected chi connectivity index (χ0v) is 10.00. The molecule has 7 heteroatoms. The van der Waals surface area contributed by atoms with Gasteiger partial charge in [0.05, 0.1) is 24.9 Å². The minimum absolute atomic E-state index is 0.238. The van der Waals surface area contributed by atoms with Crippen LogP contribution in [0.15, 0.2) is 18.3 Å². The Morgan fingerprint density at radius 1 is 1.67 bits per heavy atom. The van der Waals surface area contributed by atoms with Gasteiger partial charge in [0.1, 0.15) is 5.82 Å². The highest BCUT2D eigenvalue weighted by molar-refractivity contribution is 6.64. The zero-order chi connectivity index (χ0) is 13.0. The third kappa shape index (κ3) is 2.86. The Morgan fingerprint density at radius 3 is 3.11 bits per heavy atom. The number of nitrogens with zero attached hydrogens (tertiary/aromatic N) is 2. The Hall–Kier alpha value is -1.89. The van der Waals surface area contributed by atoms with Crippen molar-refractivity contribution in [2.24, 2.45) is 0 Å². The molecule has 1 fully saturated rings. The molecule has 1 radical (unpaired) electrons. The lowest BCUT2D eigenvalue weighted by atomic mass is 9.88. The third-order valence-corrected chi connectivity index (χ3v) is 2.71. The van der Waals surface area contributed by atoms with Crippen LogP contribution in [-0.2, 0) is 9.53 Å². The number of rotatable bonds is 5. The number of methoxy groups -OCH3 is 1. The first-order valence-corrected chi connectivity index (χ1v) is 5.56. The molecule has 6 nitrogen and oxygen atoms in total. The summed E-state index contributed by atoms with van der Waals surface area (Å²) in [5, 5.41) is 3.19. The van der Waals surface area contributed by atoms with E-state index in [1.54, 1.807) is 18.3 Å². The number of aromatic nitrogens is 1. The number of anilines is 1. The maximum Gasteiger partial charge on any atom is 0.338 e. The fourth-order valence-corrected chi connectivity index (χ4v) is 1.78. The zero-order valence-electron chi connectivity index (χ0n) is 10.00. The van der Waals surface area contributed by atoms with Gasteiger partial charge in [0, 0.05) is 19.3 Å². The first kappa shape index (κ1) is 12.6. The molecule has 1 aliphatic heterocycles. The fraction of sp³-hybridized carbons (Fsp3) is 0.364. The van der Waals surface area contributed by atoms with Crippen LogP contribution in [0, 0.1) is 0 Å². The van der Waals surface area contributed by atoms with E-state index in [-0.39, 0.29) is 12.0 Å². The SMILES string of the molecule is COC(=O)c1ccnc(NC2CN([B]C=O)C2)c1. The van der Waals surface area contributed by atoms with E-state index in [4.69, 9.17) is 0 Å². The van der Waals surface area contributed by atoms with E-state index < -0.39 is 0 Å². The molecule has 2 heterocycles. The van der Waals surface area contributed by atoms with Crippen LogP contribution < -0.4 is 5.32 Å². The Bertz CT molecular complexity index is 449. The first-order chi connectivity index (χ1) is 8.72. The molecule has 1 N–H and O–H groups in total. The van der Waals surface area contributed by atoms with Gasteiger partial charge in [0.15, 0.2) is 0 Å². The molecule has 93 valence electrons. The van der Waals surface area contributed by atoms with E-state index in [1.165, 1.54) is 14.5 Å². The van der Waals surface area contributed by atoms with Gasteiger partial charge in [-0.25, -0.2) is 9.78 Å². The van der Waals surface area contributed by atoms with E-state index in [9.17, 15) is 9.59 Å². The van der Waals surface area contributed by atoms with Crippen molar-refractivity contribution in [3.63, 3.8) is 0 Å². The van der Waals surface area contributed by atoms with Gasteiger partial charge in [-0.15, -0.1) is 0 Å². The second-order valence-electron chi connectivity index (χ2n) is 4.00. The van der Waals surface area contributed by atoms with Gasteiger partial charge in [0.2, 0.25) is 0 Å². The quantitative estimate of drug-likeness (QED) is 0.439. The fourth-order valence-electron chi connectivity index (χ4n) is 1.78. The summed E-state index contributed by atoms with van der Waals surface area (Å²) >= 11 is 0. The first-order valence-electron chi connectivity index (χ1n) is 5.56. The lowest BCUT2D eigenvalue weighted by Gasteiger charge is -2.38. The van der Waals surface area contributed by atoms with Crippen molar-refractivity contribution in [3.05, 3.63) is 23.9 Å². The second-order valence-corrected chi connectivity index (χ2v) is 4.00. The Labute approximate surface area is 106 Å². The predicted octanol–water partition coefficient (Wildman–Crippen LogP) is -0.226. The molecule has 2 rings (SSSR count). The molecule has 1 aromatic rings. The summed E-state index contributed by atoms with van der Waals surface area (Å²) in [6.07, 6.45) is 2.33. The molecule has 0 aromatic carbocycles. The van der Waals surface area contributed by atoms with Crippen molar-refractivity contribution < 1.29 is 14.3 Å². The highest BCUT2D eigenvalue weighted by Crippen LogP contribution is 2.14. The van der Waals surface area contributed by atoms with Crippen LogP contribution in [-0.4, -0.2) is 55.6 Å². The molecule has 1 aliphatic rings. The van der Waals surface area contributed by atoms with E-state index in [2.05, 4.69) is 15.0 Å². The summed E-state index contributed by atoms with van der Waals surface area (Å²) in [6, 6.07) is 3.49. The van der Waals surface area contributed by atoms with Crippen LogP contribution in [0.4, 0.5) is 5.82 Å². The molecule has 1 aromatic heterocycles. The van der Waals surface area contributed by atoms with Crippen molar-refractivity contribution in [2.75, 3.05) is 25.5 Å². The Kier molecular flexibility index (Phi) is 3.94. The number of carbonyl (C=O) groups is 2. The van der Waals surface area contributed by atoms with Gasteiger partial charge in [-0.2, -0.15) is 0 Å². The van der Waals surface area contributed by atoms with Crippen LogP contribution in [0.1, 0.15) is 10.4 Å². The predicted molar refractivity (Wildman–Crippen MR) is 67.1 cm³/mol. The van der Waals surface area contributed by atoms with Crippen LogP contribution in [0.5, 0.6) is 0 Å². The highest BCUT2D eigenvalue weighted by atomic mass is 16.5. The van der Waals surface area contributed by atoms with Crippen LogP contribution in [0.2, 0.25) is 0 Å². The number of nitrogens with one attached hydrogen (secondary N) is 1. The van der Waals surface area contributed by atoms with Crippen molar-refractivity contribution in [3.8, 4) is 0 Å². The van der Waals surface area contributed by atoms with E-state index in [0.717, 1.165) is 19.3 Å². The lowest BCUT2D eigenvalue weighted by molar-refractivity contribution is 0.0600. The van der Waals surface area contributed by atoms with E-state index >= 15 is 0 Å². The molecule has 0 unspecified atom stereocenters. The molecular formula is C11H13BN3O3. The number of esters is 1. The summed E-state index contributed by atoms with van der Waals surface area (Å²) in [5.74, 6) is 0.249. The summed E-state index contributed by atoms with van der Waals surface area (Å²) in [4.78, 5) is 27.6. The van der Waals surface area contributed by atoms with Gasteiger partial charge in [-0.1, -0.05) is 0 Å². The van der Waals surface area contributed by atoms with Crippen LogP contribution in [0.3, 0.4) is 0 Å². The Morgan fingerprint density at radius 2 is 2.44 bits per heavy atom. The summed E-state index contributed by atoms with van der Waals surface area (Å²) in [7, 11) is 2.85. The maximum atomic E-state index is 11.3. The minimum Gasteiger partial charge on any atom is -0.465 e. The average Bonchev–Trinajstić information content (AvgIpc) is 2.36. The topological polar surface area (TPSA) is 71.5 Å². The third-order valence-electron chi connectivity index (χ3n) is 2.71. The van der Waals surface area contributed by atoms with Gasteiger partial charge < -0.3 is 19.7 Å². The van der Waals surface area contributed by atoms with Crippen molar-refractivity contribution >= 4 is 25.4 Å². The smallest absolute Gasteiger partial charge is 0.338 e. The Balaban J connectivity index is 1.91. The van der Waals surface area contributed by atoms with Gasteiger partial charge in [0.25, 0.3) is 7.41 Å². The number of carbonyl (C=O) groups excluding carboxylic acids is 2. The molecular weight excluding hydrogens is 233 g/mol. The van der Waals surface area contributed by atoms with Crippen molar-refractivity contribution in [2.45, 2.75) is 6.04 Å². The summed E-state index contributed by atoms with van der Waals surface area (Å²) in [5.41, 5.74) is 0.464. The van der Waals surface area contributed by atoms with Crippen LogP contribution in [0.25, 0.3) is 0 Å². The molecule has 0 spiro atoms. The normalized spacial score (nSPS) is 15.6. The van der Waals surface area contributed by atoms with Crippen molar-refractivity contribution in [1.29, 1.82) is 0 Å². The van der Waals surface area contributed by atoms with Crippen molar-refractivity contribution in [1.82, 2.24) is 9.79 Å². The van der Waals surface area contributed by atoms with Gasteiger partial charge >= 0.3 is 5.97 Å². The molecule has 0 amide bonds. The molecule has 18 heavy (non-hydrogen) atoms. The van der Waals surface area contributed by atoms with Gasteiger partial charge in [-0.05, 0) is 12.1 Å². The number of pyridine rings is 1. The molecule has 0 bridgehead atoms.